The highest BCUT2D eigenvalue weighted by molar-refractivity contribution is 5.84. The van der Waals surface area contributed by atoms with Crippen molar-refractivity contribution in [3.63, 3.8) is 0 Å². The van der Waals surface area contributed by atoms with Crippen LogP contribution in [0.15, 0.2) is 40.9 Å². The highest BCUT2D eigenvalue weighted by Gasteiger charge is 2.66. The first-order valence-corrected chi connectivity index (χ1v) is 9.91. The fraction of sp³-hybridized carbons (Fsp3) is 0.458. The molecule has 3 heteroatoms. The predicted molar refractivity (Wildman–Crippen MR) is 110 cm³/mol. The number of pyridine rings is 1. The summed E-state index contributed by atoms with van der Waals surface area (Å²) in [6.07, 6.45) is 1.82. The number of para-hydroxylation sites is 1. The summed E-state index contributed by atoms with van der Waals surface area (Å²) < 4.78 is 6.48. The minimum absolute atomic E-state index is 0.00661. The van der Waals surface area contributed by atoms with Gasteiger partial charge in [0, 0.05) is 28.2 Å². The first-order chi connectivity index (χ1) is 12.6. The van der Waals surface area contributed by atoms with Gasteiger partial charge in [0.15, 0.2) is 0 Å². The van der Waals surface area contributed by atoms with Crippen LogP contribution in [0.5, 0.6) is 0 Å². The van der Waals surface area contributed by atoms with Gasteiger partial charge in [0.25, 0.3) is 0 Å². The van der Waals surface area contributed by atoms with Crippen molar-refractivity contribution in [1.82, 2.24) is 4.98 Å². The molecule has 0 radical (unpaired) electrons. The molecule has 4 heterocycles. The smallest absolute Gasteiger partial charge is 0.226 e. The summed E-state index contributed by atoms with van der Waals surface area (Å²) in [6, 6.07) is 11.2. The zero-order valence-corrected chi connectivity index (χ0v) is 17.3. The molecule has 0 amide bonds. The lowest BCUT2D eigenvalue weighted by molar-refractivity contribution is 0.0520. The molecule has 1 aromatic carbocycles. The molecule has 5 rings (SSSR count). The Morgan fingerprint density at radius 1 is 1.04 bits per heavy atom. The number of anilines is 1. The predicted octanol–water partition coefficient (Wildman–Crippen LogP) is 6.25. The maximum Gasteiger partial charge on any atom is 0.226 e. The van der Waals surface area contributed by atoms with Crippen LogP contribution in [0, 0.1) is 12.3 Å². The molecule has 0 spiro atoms. The van der Waals surface area contributed by atoms with Crippen molar-refractivity contribution in [3.05, 3.63) is 59.0 Å². The van der Waals surface area contributed by atoms with Crippen LogP contribution >= 0.6 is 0 Å². The molecule has 2 atom stereocenters. The van der Waals surface area contributed by atoms with E-state index in [9.17, 15) is 0 Å². The van der Waals surface area contributed by atoms with Gasteiger partial charge in [-0.15, -0.1) is 0 Å². The molecule has 3 aromatic rings. The normalized spacial score (nSPS) is 27.4. The highest BCUT2D eigenvalue weighted by Crippen LogP contribution is 2.68. The Morgan fingerprint density at radius 2 is 1.78 bits per heavy atom. The number of aryl methyl sites for hydroxylation is 1. The van der Waals surface area contributed by atoms with Crippen LogP contribution in [-0.4, -0.2) is 4.98 Å². The van der Waals surface area contributed by atoms with Crippen molar-refractivity contribution in [2.75, 3.05) is 4.90 Å². The van der Waals surface area contributed by atoms with Gasteiger partial charge in [0.05, 0.1) is 6.04 Å². The van der Waals surface area contributed by atoms with Crippen LogP contribution in [0.1, 0.15) is 70.0 Å². The van der Waals surface area contributed by atoms with Gasteiger partial charge in [-0.25, -0.2) is 4.98 Å². The largest absolute Gasteiger partial charge is 0.440 e. The molecule has 27 heavy (non-hydrogen) atoms. The van der Waals surface area contributed by atoms with E-state index < -0.39 is 0 Å². The summed E-state index contributed by atoms with van der Waals surface area (Å²) in [5, 5.41) is 1.15. The summed E-state index contributed by atoms with van der Waals surface area (Å²) in [5.74, 6) is 1.09. The third kappa shape index (κ3) is 1.63. The molecule has 2 aliphatic rings. The molecule has 0 bridgehead atoms. The van der Waals surface area contributed by atoms with Crippen molar-refractivity contribution in [2.45, 2.75) is 65.5 Å². The Bertz CT molecular complexity index is 1090. The van der Waals surface area contributed by atoms with Crippen molar-refractivity contribution in [2.24, 2.45) is 5.41 Å². The van der Waals surface area contributed by atoms with Gasteiger partial charge in [-0.05, 0) is 49.4 Å². The minimum Gasteiger partial charge on any atom is -0.440 e. The van der Waals surface area contributed by atoms with E-state index in [0.29, 0.717) is 0 Å². The fourth-order valence-corrected chi connectivity index (χ4v) is 5.78. The Morgan fingerprint density at radius 3 is 2.52 bits per heavy atom. The monoisotopic (exact) mass is 360 g/mol. The number of benzene rings is 1. The third-order valence-corrected chi connectivity index (χ3v) is 8.17. The van der Waals surface area contributed by atoms with Gasteiger partial charge in [-0.1, -0.05) is 45.9 Å². The lowest BCUT2D eigenvalue weighted by atomic mass is 9.52. The second-order valence-electron chi connectivity index (χ2n) is 9.54. The zero-order chi connectivity index (χ0) is 19.4. The summed E-state index contributed by atoms with van der Waals surface area (Å²) in [5.41, 5.74) is 5.92. The number of hydrogen-bond donors (Lipinski definition) is 0. The quantitative estimate of drug-likeness (QED) is 0.474. The molecule has 0 aliphatic carbocycles. The fourth-order valence-electron chi connectivity index (χ4n) is 5.78. The molecule has 140 valence electrons. The first-order valence-electron chi connectivity index (χ1n) is 9.91. The third-order valence-electron chi connectivity index (χ3n) is 8.17. The Balaban J connectivity index is 1.94. The summed E-state index contributed by atoms with van der Waals surface area (Å²) in [6.45, 7) is 16.5. The SMILES string of the molecule is Cc1cccc2c1N1[C@@H](C)c3c(oc4ncccc34)C1(C)C(C)(C)C2(C)C. The summed E-state index contributed by atoms with van der Waals surface area (Å²) >= 11 is 0. The second kappa shape index (κ2) is 4.76. The lowest BCUT2D eigenvalue weighted by Crippen LogP contribution is -2.62. The minimum atomic E-state index is -0.245. The van der Waals surface area contributed by atoms with Gasteiger partial charge in [0.1, 0.15) is 11.3 Å². The lowest BCUT2D eigenvalue weighted by Gasteiger charge is -2.61. The van der Waals surface area contributed by atoms with Crippen LogP contribution in [-0.2, 0) is 11.0 Å². The Kier molecular flexibility index (Phi) is 2.97. The molecule has 0 saturated carbocycles. The molecule has 3 nitrogen and oxygen atoms in total. The van der Waals surface area contributed by atoms with Crippen LogP contribution in [0.4, 0.5) is 5.69 Å². The van der Waals surface area contributed by atoms with Gasteiger partial charge in [-0.2, -0.15) is 0 Å². The Labute approximate surface area is 161 Å². The number of fused-ring (bicyclic) bond motifs is 7. The first kappa shape index (κ1) is 16.9. The van der Waals surface area contributed by atoms with Crippen LogP contribution in [0.2, 0.25) is 0 Å². The van der Waals surface area contributed by atoms with E-state index in [1.807, 2.05) is 12.3 Å². The maximum atomic E-state index is 6.48. The van der Waals surface area contributed by atoms with Gasteiger partial charge in [0.2, 0.25) is 5.71 Å². The van der Waals surface area contributed by atoms with E-state index in [4.69, 9.17) is 4.42 Å². The molecule has 1 unspecified atom stereocenters. The molecule has 0 saturated heterocycles. The molecule has 2 aliphatic heterocycles. The molecular formula is C24H28N2O. The number of hydrogen-bond acceptors (Lipinski definition) is 3. The van der Waals surface area contributed by atoms with Crippen molar-refractivity contribution < 1.29 is 4.42 Å². The van der Waals surface area contributed by atoms with E-state index in [-0.39, 0.29) is 22.4 Å². The molecule has 2 aromatic heterocycles. The number of furan rings is 1. The van der Waals surface area contributed by atoms with Gasteiger partial charge in [-0.3, -0.25) is 0 Å². The van der Waals surface area contributed by atoms with Crippen LogP contribution in [0.3, 0.4) is 0 Å². The average molecular weight is 361 g/mol. The van der Waals surface area contributed by atoms with E-state index >= 15 is 0 Å². The summed E-state index contributed by atoms with van der Waals surface area (Å²) in [7, 11) is 0. The zero-order valence-electron chi connectivity index (χ0n) is 17.3. The second-order valence-corrected chi connectivity index (χ2v) is 9.54. The van der Waals surface area contributed by atoms with Crippen molar-refractivity contribution in [1.29, 1.82) is 0 Å². The topological polar surface area (TPSA) is 29.3 Å². The summed E-state index contributed by atoms with van der Waals surface area (Å²) in [4.78, 5) is 7.14. The van der Waals surface area contributed by atoms with Crippen molar-refractivity contribution in [3.8, 4) is 0 Å². The highest BCUT2D eigenvalue weighted by atomic mass is 16.3. The molecular weight excluding hydrogens is 332 g/mol. The number of nitrogens with zero attached hydrogens (tertiary/aromatic N) is 2. The number of rotatable bonds is 0. The van der Waals surface area contributed by atoms with E-state index in [1.54, 1.807) is 0 Å². The number of aromatic nitrogens is 1. The van der Waals surface area contributed by atoms with Crippen LogP contribution < -0.4 is 4.90 Å². The standard InChI is InChI=1S/C24H28N2O/c1-14-10-8-12-17-19(14)26-15(2)18-16-11-9-13-25-21(16)27-20(18)24(26,7)23(5,6)22(17,3)4/h8-13,15H,1-7H3/t15-,24?/m0/s1. The van der Waals surface area contributed by atoms with E-state index in [1.165, 1.54) is 22.4 Å². The van der Waals surface area contributed by atoms with E-state index in [2.05, 4.69) is 82.6 Å². The van der Waals surface area contributed by atoms with Gasteiger partial charge < -0.3 is 9.32 Å². The van der Waals surface area contributed by atoms with Crippen LogP contribution in [0.25, 0.3) is 11.1 Å². The Hall–Kier alpha value is -2.29. The molecule has 0 N–H and O–H groups in total. The molecule has 0 fully saturated rings. The maximum absolute atomic E-state index is 6.48. The van der Waals surface area contributed by atoms with E-state index in [0.717, 1.165) is 16.9 Å². The van der Waals surface area contributed by atoms with Crippen molar-refractivity contribution >= 4 is 16.8 Å². The average Bonchev–Trinajstić information content (AvgIpc) is 3.10. The van der Waals surface area contributed by atoms with Gasteiger partial charge >= 0.3 is 0 Å².